The van der Waals surface area contributed by atoms with Crippen molar-refractivity contribution in [1.29, 1.82) is 0 Å². The van der Waals surface area contributed by atoms with Crippen molar-refractivity contribution in [2.75, 3.05) is 5.32 Å². The van der Waals surface area contributed by atoms with Crippen LogP contribution in [0.3, 0.4) is 0 Å². The van der Waals surface area contributed by atoms with Gasteiger partial charge in [0.2, 0.25) is 5.88 Å². The van der Waals surface area contributed by atoms with Gasteiger partial charge in [-0.05, 0) is 61.3 Å². The Kier molecular flexibility index (Phi) is 3.79. The number of benzene rings is 1. The maximum atomic E-state index is 14.5. The monoisotopic (exact) mass is 405 g/mol. The second kappa shape index (κ2) is 6.02. The molecule has 2 amide bonds. The fourth-order valence-corrected chi connectivity index (χ4v) is 5.24. The van der Waals surface area contributed by atoms with Crippen LogP contribution in [0.4, 0.5) is 14.9 Å². The summed E-state index contributed by atoms with van der Waals surface area (Å²) in [6.45, 7) is 2.37. The smallest absolute Gasteiger partial charge is 0.354 e. The zero-order chi connectivity index (χ0) is 19.6. The Morgan fingerprint density at radius 2 is 2.00 bits per heavy atom. The highest BCUT2D eigenvalue weighted by Crippen LogP contribution is 2.42. The molecule has 1 unspecified atom stereocenters. The van der Waals surface area contributed by atoms with Gasteiger partial charge in [-0.2, -0.15) is 5.10 Å². The number of anilines is 1. The van der Waals surface area contributed by atoms with E-state index in [0.29, 0.717) is 49.0 Å². The van der Waals surface area contributed by atoms with Gasteiger partial charge >= 0.3 is 6.03 Å². The van der Waals surface area contributed by atoms with Crippen LogP contribution < -0.4 is 15.2 Å². The van der Waals surface area contributed by atoms with E-state index in [1.807, 2.05) is 6.92 Å². The van der Waals surface area contributed by atoms with E-state index in [1.165, 1.54) is 6.20 Å². The molecule has 8 nitrogen and oxygen atoms in total. The summed E-state index contributed by atoms with van der Waals surface area (Å²) in [6, 6.07) is -0.812. The van der Waals surface area contributed by atoms with Gasteiger partial charge in [0.25, 0.3) is 0 Å². The molecule has 0 fully saturated rings. The highest BCUT2D eigenvalue weighted by atomic mass is 32.2. The van der Waals surface area contributed by atoms with Crippen LogP contribution in [-0.4, -0.2) is 26.1 Å². The third kappa shape index (κ3) is 2.55. The summed E-state index contributed by atoms with van der Waals surface area (Å²) in [6.07, 6.45) is 4.79. The quantitative estimate of drug-likeness (QED) is 0.798. The summed E-state index contributed by atoms with van der Waals surface area (Å²) < 4.78 is 38.3. The first-order chi connectivity index (χ1) is 13.3. The first-order valence-corrected chi connectivity index (χ1v) is 10.9. The number of carbonyl (C=O) groups excluding carboxylic acids is 1. The number of urea groups is 1. The maximum absolute atomic E-state index is 14.5. The topological polar surface area (TPSA) is 112 Å². The van der Waals surface area contributed by atoms with Gasteiger partial charge in [-0.3, -0.25) is 0 Å². The largest absolute Gasteiger partial charge is 0.472 e. The lowest BCUT2D eigenvalue weighted by molar-refractivity contribution is 0.248. The van der Waals surface area contributed by atoms with Gasteiger partial charge in [0, 0.05) is 5.69 Å². The SMILES string of the molecule is C[C@H]1Cn2ncc(S(N)(=O)=NC(=O)Nc3c4c(c(F)c5c3CC5)CCC4)c2O1. The highest BCUT2D eigenvalue weighted by Gasteiger charge is 2.32. The molecule has 10 heteroatoms. The molecule has 0 saturated heterocycles. The molecule has 2 heterocycles. The lowest BCUT2D eigenvalue weighted by Crippen LogP contribution is -2.22. The Labute approximate surface area is 161 Å². The summed E-state index contributed by atoms with van der Waals surface area (Å²) >= 11 is 0. The van der Waals surface area contributed by atoms with Crippen molar-refractivity contribution in [1.82, 2.24) is 9.78 Å². The van der Waals surface area contributed by atoms with Crippen LogP contribution in [0.5, 0.6) is 5.88 Å². The van der Waals surface area contributed by atoms with Crippen LogP contribution in [0.25, 0.3) is 0 Å². The number of hydrogen-bond acceptors (Lipinski definition) is 4. The van der Waals surface area contributed by atoms with Crippen molar-refractivity contribution < 1.29 is 18.1 Å². The number of carbonyl (C=O) groups is 1. The Hall–Kier alpha value is -2.46. The molecule has 0 radical (unpaired) electrons. The second-order valence-corrected chi connectivity index (χ2v) is 9.23. The fourth-order valence-electron chi connectivity index (χ4n) is 4.25. The Balaban J connectivity index is 1.49. The molecule has 3 aliphatic rings. The zero-order valence-corrected chi connectivity index (χ0v) is 16.1. The minimum atomic E-state index is -3.53. The van der Waals surface area contributed by atoms with Crippen LogP contribution in [0, 0.1) is 5.82 Å². The average molecular weight is 405 g/mol. The van der Waals surface area contributed by atoms with E-state index in [1.54, 1.807) is 4.68 Å². The summed E-state index contributed by atoms with van der Waals surface area (Å²) in [5, 5.41) is 12.7. The number of nitrogens with zero attached hydrogens (tertiary/aromatic N) is 3. The summed E-state index contributed by atoms with van der Waals surface area (Å²) in [4.78, 5) is 12.7. The third-order valence-corrected chi connectivity index (χ3v) is 6.96. The van der Waals surface area contributed by atoms with Gasteiger partial charge in [0.1, 0.15) is 16.8 Å². The van der Waals surface area contributed by atoms with Crippen LogP contribution >= 0.6 is 0 Å². The van der Waals surface area contributed by atoms with E-state index in [-0.39, 0.29) is 22.7 Å². The molecule has 1 aromatic carbocycles. The minimum Gasteiger partial charge on any atom is -0.472 e. The Bertz CT molecular complexity index is 1150. The highest BCUT2D eigenvalue weighted by molar-refractivity contribution is 7.91. The number of aromatic nitrogens is 2. The van der Waals surface area contributed by atoms with Crippen LogP contribution in [0.15, 0.2) is 15.5 Å². The first kappa shape index (κ1) is 17.6. The molecule has 2 atom stereocenters. The van der Waals surface area contributed by atoms with Gasteiger partial charge < -0.3 is 10.1 Å². The second-order valence-electron chi connectivity index (χ2n) is 7.47. The Morgan fingerprint density at radius 3 is 2.75 bits per heavy atom. The van der Waals surface area contributed by atoms with Crippen LogP contribution in [-0.2, 0) is 42.1 Å². The molecule has 5 rings (SSSR count). The van der Waals surface area contributed by atoms with Crippen molar-refractivity contribution in [2.24, 2.45) is 9.50 Å². The van der Waals surface area contributed by atoms with Crippen LogP contribution in [0.1, 0.15) is 35.6 Å². The molecular weight excluding hydrogens is 385 g/mol. The number of nitrogens with two attached hydrogens (primary N) is 1. The molecule has 148 valence electrons. The lowest BCUT2D eigenvalue weighted by atomic mass is 9.83. The lowest BCUT2D eigenvalue weighted by Gasteiger charge is -2.26. The number of rotatable bonds is 2. The van der Waals surface area contributed by atoms with Crippen molar-refractivity contribution in [3.63, 3.8) is 0 Å². The molecule has 0 spiro atoms. The maximum Gasteiger partial charge on any atom is 0.354 e. The van der Waals surface area contributed by atoms with Gasteiger partial charge in [-0.25, -0.2) is 23.2 Å². The first-order valence-electron chi connectivity index (χ1n) is 9.28. The number of fused-ring (bicyclic) bond motifs is 3. The van der Waals surface area contributed by atoms with Gasteiger partial charge in [-0.15, -0.1) is 4.36 Å². The van der Waals surface area contributed by atoms with Crippen molar-refractivity contribution in [2.45, 2.75) is 56.6 Å². The molecule has 2 aromatic rings. The number of nitrogens with one attached hydrogen (secondary N) is 1. The van der Waals surface area contributed by atoms with E-state index >= 15 is 0 Å². The van der Waals surface area contributed by atoms with E-state index in [2.05, 4.69) is 14.8 Å². The molecule has 3 N–H and O–H groups in total. The van der Waals surface area contributed by atoms with Gasteiger partial charge in [0.15, 0.2) is 9.92 Å². The zero-order valence-electron chi connectivity index (χ0n) is 15.3. The molecule has 1 aromatic heterocycles. The van der Waals surface area contributed by atoms with Crippen LogP contribution in [0.2, 0.25) is 0 Å². The standard InChI is InChI=1S/C18H20FN5O3S/c1-9-8-24-17(27-9)14(7-21-24)28(20,26)23-18(25)22-16-12-4-2-3-10(12)15(19)11-5-6-13(11)16/h7,9H,2-6,8H2,1H3,(H3,20,22,23,25,26)/t9-,28?/m0/s1. The number of amides is 2. The van der Waals surface area contributed by atoms with E-state index < -0.39 is 15.9 Å². The predicted molar refractivity (Wildman–Crippen MR) is 100 cm³/mol. The molecule has 1 aliphatic heterocycles. The molecular formula is C18H20FN5O3S. The fraction of sp³-hybridized carbons (Fsp3) is 0.444. The minimum absolute atomic E-state index is 0.101. The Morgan fingerprint density at radius 1 is 1.32 bits per heavy atom. The van der Waals surface area contributed by atoms with Crippen molar-refractivity contribution in [3.8, 4) is 5.88 Å². The number of hydrogen-bond donors (Lipinski definition) is 2. The predicted octanol–water partition coefficient (Wildman–Crippen LogP) is 2.32. The molecule has 0 saturated carbocycles. The van der Waals surface area contributed by atoms with Gasteiger partial charge in [-0.1, -0.05) is 0 Å². The van der Waals surface area contributed by atoms with E-state index in [4.69, 9.17) is 9.88 Å². The summed E-state index contributed by atoms with van der Waals surface area (Å²) in [7, 11) is -3.53. The van der Waals surface area contributed by atoms with E-state index in [9.17, 15) is 13.4 Å². The molecule has 2 aliphatic carbocycles. The van der Waals surface area contributed by atoms with E-state index in [0.717, 1.165) is 17.5 Å². The average Bonchev–Trinajstić information content (AvgIpc) is 3.25. The van der Waals surface area contributed by atoms with Crippen molar-refractivity contribution in [3.05, 3.63) is 34.3 Å². The molecule has 0 bridgehead atoms. The number of halogens is 1. The normalized spacial score (nSPS) is 21.0. The van der Waals surface area contributed by atoms with Crippen molar-refractivity contribution >= 4 is 21.6 Å². The van der Waals surface area contributed by atoms with Gasteiger partial charge in [0.05, 0.1) is 12.7 Å². The summed E-state index contributed by atoms with van der Waals surface area (Å²) in [5.41, 5.74) is 3.60. The molecule has 28 heavy (non-hydrogen) atoms. The third-order valence-electron chi connectivity index (χ3n) is 5.61. The summed E-state index contributed by atoms with van der Waals surface area (Å²) in [5.74, 6) is 0.149. The number of ether oxygens (including phenoxy) is 1.